The number of nitrogens with zero attached hydrogens (tertiary/aromatic N) is 1. The Kier molecular flexibility index (Phi) is 8.46. The molecule has 5 heteroatoms. The third-order valence-corrected chi connectivity index (χ3v) is 5.61. The Bertz CT molecular complexity index is 878. The summed E-state index contributed by atoms with van der Waals surface area (Å²) in [7, 11) is 0. The molecule has 0 aliphatic carbocycles. The summed E-state index contributed by atoms with van der Waals surface area (Å²) in [6, 6.07) is 13.1. The summed E-state index contributed by atoms with van der Waals surface area (Å²) in [4.78, 5) is 27.4. The number of carbonyl (C=O) groups excluding carboxylic acids is 2. The summed E-state index contributed by atoms with van der Waals surface area (Å²) in [6.45, 7) is 12.0. The number of amides is 2. The van der Waals surface area contributed by atoms with Gasteiger partial charge in [-0.3, -0.25) is 9.59 Å². The molecular formula is C25H34N2O3. The molecule has 30 heavy (non-hydrogen) atoms. The van der Waals surface area contributed by atoms with E-state index in [1.54, 1.807) is 11.8 Å². The average Bonchev–Trinajstić information content (AvgIpc) is 2.73. The first kappa shape index (κ1) is 23.5. The highest BCUT2D eigenvalue weighted by atomic mass is 16.5. The van der Waals surface area contributed by atoms with Crippen LogP contribution in [0.1, 0.15) is 49.4 Å². The van der Waals surface area contributed by atoms with Gasteiger partial charge in [0.2, 0.25) is 5.91 Å². The van der Waals surface area contributed by atoms with Gasteiger partial charge in [0, 0.05) is 12.6 Å². The van der Waals surface area contributed by atoms with Gasteiger partial charge >= 0.3 is 0 Å². The molecule has 0 saturated heterocycles. The van der Waals surface area contributed by atoms with Crippen LogP contribution in [0.4, 0.5) is 0 Å². The molecule has 2 rings (SSSR count). The molecule has 0 heterocycles. The molecule has 0 aromatic heterocycles. The minimum atomic E-state index is -0.602. The van der Waals surface area contributed by atoms with Crippen LogP contribution in [0.2, 0.25) is 0 Å². The molecule has 2 aromatic rings. The van der Waals surface area contributed by atoms with Crippen molar-refractivity contribution in [1.29, 1.82) is 0 Å². The zero-order chi connectivity index (χ0) is 22.3. The van der Waals surface area contributed by atoms with Crippen LogP contribution in [-0.2, 0) is 16.1 Å². The van der Waals surface area contributed by atoms with E-state index in [0.717, 1.165) is 23.1 Å². The fraction of sp³-hybridized carbons (Fsp3) is 0.440. The third-order valence-electron chi connectivity index (χ3n) is 5.61. The summed E-state index contributed by atoms with van der Waals surface area (Å²) < 4.78 is 5.76. The Balaban J connectivity index is 2.18. The van der Waals surface area contributed by atoms with Crippen molar-refractivity contribution in [2.75, 3.05) is 6.61 Å². The van der Waals surface area contributed by atoms with Gasteiger partial charge in [0.05, 0.1) is 0 Å². The van der Waals surface area contributed by atoms with Gasteiger partial charge in [0.1, 0.15) is 11.8 Å². The van der Waals surface area contributed by atoms with E-state index in [1.807, 2.05) is 77.1 Å². The van der Waals surface area contributed by atoms with Crippen LogP contribution in [0.5, 0.6) is 5.75 Å². The fourth-order valence-electron chi connectivity index (χ4n) is 3.05. The minimum absolute atomic E-state index is 0.0575. The minimum Gasteiger partial charge on any atom is -0.484 e. The van der Waals surface area contributed by atoms with Gasteiger partial charge in [-0.05, 0) is 75.4 Å². The van der Waals surface area contributed by atoms with Crippen molar-refractivity contribution in [1.82, 2.24) is 10.2 Å². The highest BCUT2D eigenvalue weighted by Crippen LogP contribution is 2.18. The maximum Gasteiger partial charge on any atom is 0.261 e. The van der Waals surface area contributed by atoms with E-state index in [4.69, 9.17) is 4.74 Å². The fourth-order valence-corrected chi connectivity index (χ4v) is 3.05. The Labute approximate surface area is 180 Å². The smallest absolute Gasteiger partial charge is 0.261 e. The molecule has 2 amide bonds. The molecule has 0 aliphatic heterocycles. The second kappa shape index (κ2) is 10.8. The van der Waals surface area contributed by atoms with Gasteiger partial charge in [0.25, 0.3) is 5.91 Å². The third kappa shape index (κ3) is 6.34. The Morgan fingerprint density at radius 1 is 1.00 bits per heavy atom. The van der Waals surface area contributed by atoms with E-state index in [-0.39, 0.29) is 24.5 Å². The predicted molar refractivity (Wildman–Crippen MR) is 120 cm³/mol. The van der Waals surface area contributed by atoms with Gasteiger partial charge in [-0.15, -0.1) is 0 Å². The van der Waals surface area contributed by atoms with E-state index in [9.17, 15) is 9.59 Å². The number of benzene rings is 2. The maximum atomic E-state index is 13.1. The Hall–Kier alpha value is -2.82. The normalized spacial score (nSPS) is 12.7. The maximum absolute atomic E-state index is 13.1. The number of aryl methyl sites for hydroxylation is 3. The van der Waals surface area contributed by atoms with Crippen LogP contribution >= 0.6 is 0 Å². The Morgan fingerprint density at radius 2 is 1.70 bits per heavy atom. The van der Waals surface area contributed by atoms with Gasteiger partial charge in [0.15, 0.2) is 6.61 Å². The summed E-state index contributed by atoms with van der Waals surface area (Å²) in [6.07, 6.45) is 0.833. The first-order chi connectivity index (χ1) is 14.2. The number of hydrogen-bond acceptors (Lipinski definition) is 3. The van der Waals surface area contributed by atoms with E-state index >= 15 is 0 Å². The zero-order valence-corrected chi connectivity index (χ0v) is 19.0. The van der Waals surface area contributed by atoms with Crippen LogP contribution in [0.25, 0.3) is 0 Å². The molecule has 1 N–H and O–H groups in total. The quantitative estimate of drug-likeness (QED) is 0.670. The lowest BCUT2D eigenvalue weighted by Gasteiger charge is -2.30. The molecule has 0 spiro atoms. The number of ether oxygens (including phenoxy) is 1. The van der Waals surface area contributed by atoms with Gasteiger partial charge in [-0.1, -0.05) is 37.3 Å². The first-order valence-corrected chi connectivity index (χ1v) is 10.6. The van der Waals surface area contributed by atoms with E-state index in [1.165, 1.54) is 5.56 Å². The lowest BCUT2D eigenvalue weighted by atomic mass is 10.1. The van der Waals surface area contributed by atoms with E-state index in [2.05, 4.69) is 5.32 Å². The molecule has 2 aromatic carbocycles. The molecule has 0 bridgehead atoms. The van der Waals surface area contributed by atoms with Crippen LogP contribution in [-0.4, -0.2) is 35.4 Å². The van der Waals surface area contributed by atoms with Crippen molar-refractivity contribution in [3.05, 3.63) is 64.7 Å². The lowest BCUT2D eigenvalue weighted by Crippen LogP contribution is -2.50. The van der Waals surface area contributed by atoms with Crippen molar-refractivity contribution < 1.29 is 14.3 Å². The summed E-state index contributed by atoms with van der Waals surface area (Å²) in [5, 5.41) is 2.98. The standard InChI is InChI=1S/C25H34N2O3/c1-7-20(5)26-25(29)21(6)27(15-22-11-9-8-10-18(22)3)24(28)16-30-23-13-12-17(2)19(4)14-23/h8-14,20-21H,7,15-16H2,1-6H3,(H,26,29)/t20-,21+/m1/s1. The first-order valence-electron chi connectivity index (χ1n) is 10.6. The van der Waals surface area contributed by atoms with Crippen LogP contribution < -0.4 is 10.1 Å². The number of nitrogens with one attached hydrogen (secondary N) is 1. The lowest BCUT2D eigenvalue weighted by molar-refractivity contribution is -0.142. The van der Waals surface area contributed by atoms with Crippen molar-refractivity contribution in [2.24, 2.45) is 0 Å². The molecule has 0 saturated carbocycles. The van der Waals surface area contributed by atoms with Crippen LogP contribution in [0.15, 0.2) is 42.5 Å². The molecule has 0 fully saturated rings. The summed E-state index contributed by atoms with van der Waals surface area (Å²) in [5.74, 6) is 0.278. The average molecular weight is 411 g/mol. The molecule has 5 nitrogen and oxygen atoms in total. The van der Waals surface area contributed by atoms with E-state index in [0.29, 0.717) is 12.3 Å². The topological polar surface area (TPSA) is 58.6 Å². The van der Waals surface area contributed by atoms with Crippen LogP contribution in [0.3, 0.4) is 0 Å². The second-order valence-electron chi connectivity index (χ2n) is 7.98. The summed E-state index contributed by atoms with van der Waals surface area (Å²) in [5.41, 5.74) is 4.38. The van der Waals surface area contributed by atoms with Crippen molar-refractivity contribution in [3.63, 3.8) is 0 Å². The van der Waals surface area contributed by atoms with Crippen molar-refractivity contribution >= 4 is 11.8 Å². The molecular weight excluding hydrogens is 376 g/mol. The molecule has 0 aliphatic rings. The number of carbonyl (C=O) groups is 2. The van der Waals surface area contributed by atoms with Gasteiger partial charge in [-0.2, -0.15) is 0 Å². The largest absolute Gasteiger partial charge is 0.484 e. The van der Waals surface area contributed by atoms with Gasteiger partial charge < -0.3 is 15.0 Å². The molecule has 0 radical (unpaired) electrons. The zero-order valence-electron chi connectivity index (χ0n) is 19.0. The predicted octanol–water partition coefficient (Wildman–Crippen LogP) is 4.32. The molecule has 2 atom stereocenters. The summed E-state index contributed by atoms with van der Waals surface area (Å²) >= 11 is 0. The number of hydrogen-bond donors (Lipinski definition) is 1. The monoisotopic (exact) mass is 410 g/mol. The molecule has 162 valence electrons. The Morgan fingerprint density at radius 3 is 2.33 bits per heavy atom. The van der Waals surface area contributed by atoms with Gasteiger partial charge in [-0.25, -0.2) is 0 Å². The van der Waals surface area contributed by atoms with Crippen LogP contribution in [0, 0.1) is 20.8 Å². The van der Waals surface area contributed by atoms with Crippen molar-refractivity contribution in [3.8, 4) is 5.75 Å². The highest BCUT2D eigenvalue weighted by molar-refractivity contribution is 5.88. The van der Waals surface area contributed by atoms with Crippen molar-refractivity contribution in [2.45, 2.75) is 66.6 Å². The number of rotatable bonds is 9. The van der Waals surface area contributed by atoms with E-state index < -0.39 is 6.04 Å². The molecule has 0 unspecified atom stereocenters. The SMILES string of the molecule is CC[C@@H](C)NC(=O)[C@H](C)N(Cc1ccccc1C)C(=O)COc1ccc(C)c(C)c1. The second-order valence-corrected chi connectivity index (χ2v) is 7.98. The highest BCUT2D eigenvalue weighted by Gasteiger charge is 2.27.